The zero-order chi connectivity index (χ0) is 14.8. The van der Waals surface area contributed by atoms with Crippen molar-refractivity contribution in [1.29, 1.82) is 0 Å². The molecule has 4 unspecified atom stereocenters. The average Bonchev–Trinajstić information content (AvgIpc) is 2.75. The van der Waals surface area contributed by atoms with Gasteiger partial charge in [0.15, 0.2) is 0 Å². The summed E-state index contributed by atoms with van der Waals surface area (Å²) in [6.07, 6.45) is 9.75. The summed E-state index contributed by atoms with van der Waals surface area (Å²) >= 11 is 0. The van der Waals surface area contributed by atoms with Crippen LogP contribution in [0.2, 0.25) is 0 Å². The maximum atomic E-state index is 12.9. The third-order valence-electron chi connectivity index (χ3n) is 6.08. The molecule has 4 atom stereocenters. The summed E-state index contributed by atoms with van der Waals surface area (Å²) in [6, 6.07) is 0. The maximum absolute atomic E-state index is 12.9. The molecule has 2 saturated carbocycles. The van der Waals surface area contributed by atoms with E-state index in [1.807, 2.05) is 11.9 Å². The molecule has 2 aliphatic carbocycles. The van der Waals surface area contributed by atoms with Crippen molar-refractivity contribution in [2.45, 2.75) is 72.1 Å². The Bertz CT molecular complexity index is 340. The fraction of sp³-hybridized carbons (Fsp3) is 0.944. The molecule has 0 aromatic rings. The number of amides is 1. The van der Waals surface area contributed by atoms with Gasteiger partial charge in [-0.3, -0.25) is 4.79 Å². The topological polar surface area (TPSA) is 20.3 Å². The molecule has 0 N–H and O–H groups in total. The van der Waals surface area contributed by atoms with Gasteiger partial charge >= 0.3 is 0 Å². The molecule has 0 saturated heterocycles. The second-order valence-electron chi connectivity index (χ2n) is 7.33. The van der Waals surface area contributed by atoms with Gasteiger partial charge in [0, 0.05) is 19.0 Å². The summed E-state index contributed by atoms with van der Waals surface area (Å²) in [5.74, 6) is 3.08. The number of fused-ring (bicyclic) bond motifs is 1. The Labute approximate surface area is 125 Å². The van der Waals surface area contributed by atoms with E-state index in [1.54, 1.807) is 0 Å². The molecule has 0 aliphatic heterocycles. The van der Waals surface area contributed by atoms with Crippen LogP contribution in [-0.4, -0.2) is 24.4 Å². The lowest BCUT2D eigenvalue weighted by atomic mass is 9.65. The Kier molecular flexibility index (Phi) is 5.14. The summed E-state index contributed by atoms with van der Waals surface area (Å²) < 4.78 is 0. The van der Waals surface area contributed by atoms with Crippen LogP contribution < -0.4 is 0 Å². The SMILES string of the molecule is CCCCN(C)C(=O)C1(CC)CC2CC(CCC)C2C1. The number of hydrogen-bond donors (Lipinski definition) is 0. The van der Waals surface area contributed by atoms with Crippen molar-refractivity contribution in [2.75, 3.05) is 13.6 Å². The predicted octanol–water partition coefficient (Wildman–Crippen LogP) is 4.49. The number of rotatable bonds is 7. The van der Waals surface area contributed by atoms with Crippen molar-refractivity contribution >= 4 is 5.91 Å². The summed E-state index contributed by atoms with van der Waals surface area (Å²) in [4.78, 5) is 14.9. The van der Waals surface area contributed by atoms with Gasteiger partial charge in [0.05, 0.1) is 0 Å². The number of unbranched alkanes of at least 4 members (excludes halogenated alkanes) is 1. The summed E-state index contributed by atoms with van der Waals surface area (Å²) in [7, 11) is 2.01. The molecule has 2 fully saturated rings. The zero-order valence-electron chi connectivity index (χ0n) is 14.0. The molecule has 116 valence electrons. The highest BCUT2D eigenvalue weighted by Crippen LogP contribution is 2.61. The van der Waals surface area contributed by atoms with Gasteiger partial charge in [-0.25, -0.2) is 0 Å². The third-order valence-corrected chi connectivity index (χ3v) is 6.08. The van der Waals surface area contributed by atoms with Gasteiger partial charge in [-0.05, 0) is 49.9 Å². The number of hydrogen-bond acceptors (Lipinski definition) is 1. The van der Waals surface area contributed by atoms with Crippen LogP contribution in [0.3, 0.4) is 0 Å². The first kappa shape index (κ1) is 15.9. The second kappa shape index (κ2) is 6.49. The summed E-state index contributed by atoms with van der Waals surface area (Å²) in [6.45, 7) is 7.65. The first-order chi connectivity index (χ1) is 9.57. The molecule has 0 bridgehead atoms. The van der Waals surface area contributed by atoms with Crippen molar-refractivity contribution in [3.05, 3.63) is 0 Å². The van der Waals surface area contributed by atoms with E-state index in [0.717, 1.165) is 37.1 Å². The predicted molar refractivity (Wildman–Crippen MR) is 84.5 cm³/mol. The van der Waals surface area contributed by atoms with Crippen LogP contribution in [-0.2, 0) is 4.79 Å². The van der Waals surface area contributed by atoms with E-state index in [1.165, 1.54) is 38.5 Å². The molecule has 20 heavy (non-hydrogen) atoms. The normalized spacial score (nSPS) is 35.5. The van der Waals surface area contributed by atoms with Crippen molar-refractivity contribution in [3.63, 3.8) is 0 Å². The van der Waals surface area contributed by atoms with Gasteiger partial charge in [-0.1, -0.05) is 40.0 Å². The van der Waals surface area contributed by atoms with E-state index in [9.17, 15) is 4.79 Å². The van der Waals surface area contributed by atoms with Gasteiger partial charge in [-0.2, -0.15) is 0 Å². The molecular weight excluding hydrogens is 246 g/mol. The molecule has 0 spiro atoms. The molecule has 2 heteroatoms. The number of carbonyl (C=O) groups is 1. The van der Waals surface area contributed by atoms with E-state index < -0.39 is 0 Å². The third kappa shape index (κ3) is 2.76. The molecular formula is C18H33NO. The molecule has 0 aromatic heterocycles. The standard InChI is InChI=1S/C18H33NO/c1-5-8-10-19(4)17(20)18(7-3)12-15-11-14(9-6-2)16(15)13-18/h14-16H,5-13H2,1-4H3. The van der Waals surface area contributed by atoms with Gasteiger partial charge in [0.2, 0.25) is 5.91 Å². The Balaban J connectivity index is 1.99. The Hall–Kier alpha value is -0.530. The van der Waals surface area contributed by atoms with Crippen LogP contribution in [0.4, 0.5) is 0 Å². The van der Waals surface area contributed by atoms with E-state index in [4.69, 9.17) is 0 Å². The lowest BCUT2D eigenvalue weighted by molar-refractivity contribution is -0.141. The van der Waals surface area contributed by atoms with Crippen LogP contribution >= 0.6 is 0 Å². The fourth-order valence-corrected chi connectivity index (χ4v) is 4.75. The maximum Gasteiger partial charge on any atom is 0.228 e. The first-order valence-corrected chi connectivity index (χ1v) is 8.83. The van der Waals surface area contributed by atoms with Crippen molar-refractivity contribution in [2.24, 2.45) is 23.2 Å². The minimum atomic E-state index is -0.0136. The second-order valence-corrected chi connectivity index (χ2v) is 7.33. The quantitative estimate of drug-likeness (QED) is 0.672. The van der Waals surface area contributed by atoms with Crippen molar-refractivity contribution < 1.29 is 4.79 Å². The highest BCUT2D eigenvalue weighted by atomic mass is 16.2. The molecule has 0 radical (unpaired) electrons. The molecule has 0 aromatic carbocycles. The first-order valence-electron chi connectivity index (χ1n) is 8.83. The van der Waals surface area contributed by atoms with Crippen molar-refractivity contribution in [1.82, 2.24) is 4.90 Å². The van der Waals surface area contributed by atoms with E-state index in [0.29, 0.717) is 5.91 Å². The van der Waals surface area contributed by atoms with Crippen molar-refractivity contribution in [3.8, 4) is 0 Å². The van der Waals surface area contributed by atoms with Crippen LogP contribution in [0.15, 0.2) is 0 Å². The molecule has 2 nitrogen and oxygen atoms in total. The monoisotopic (exact) mass is 279 g/mol. The van der Waals surface area contributed by atoms with Crippen LogP contribution in [0.5, 0.6) is 0 Å². The largest absolute Gasteiger partial charge is 0.345 e. The van der Waals surface area contributed by atoms with Gasteiger partial charge in [-0.15, -0.1) is 0 Å². The molecule has 2 rings (SSSR count). The number of carbonyl (C=O) groups excluding carboxylic acids is 1. The summed E-state index contributed by atoms with van der Waals surface area (Å²) in [5, 5.41) is 0. The fourth-order valence-electron chi connectivity index (χ4n) is 4.75. The lowest BCUT2D eigenvalue weighted by Crippen LogP contribution is -2.41. The smallest absolute Gasteiger partial charge is 0.228 e. The molecule has 1 amide bonds. The number of nitrogens with zero attached hydrogens (tertiary/aromatic N) is 1. The van der Waals surface area contributed by atoms with E-state index in [-0.39, 0.29) is 5.41 Å². The minimum absolute atomic E-state index is 0.0136. The van der Waals surface area contributed by atoms with Gasteiger partial charge in [0.25, 0.3) is 0 Å². The Morgan fingerprint density at radius 1 is 1.20 bits per heavy atom. The van der Waals surface area contributed by atoms with E-state index in [2.05, 4.69) is 20.8 Å². The van der Waals surface area contributed by atoms with Crippen LogP contribution in [0.1, 0.15) is 72.1 Å². The van der Waals surface area contributed by atoms with Gasteiger partial charge < -0.3 is 4.90 Å². The lowest BCUT2D eigenvalue weighted by Gasteiger charge is -2.40. The summed E-state index contributed by atoms with van der Waals surface area (Å²) in [5.41, 5.74) is -0.0136. The highest BCUT2D eigenvalue weighted by Gasteiger charge is 2.56. The molecule has 2 aliphatic rings. The highest BCUT2D eigenvalue weighted by molar-refractivity contribution is 5.83. The average molecular weight is 279 g/mol. The van der Waals surface area contributed by atoms with Gasteiger partial charge in [0.1, 0.15) is 0 Å². The Morgan fingerprint density at radius 2 is 1.95 bits per heavy atom. The molecule has 0 heterocycles. The van der Waals surface area contributed by atoms with Crippen LogP contribution in [0.25, 0.3) is 0 Å². The van der Waals surface area contributed by atoms with Crippen LogP contribution in [0, 0.1) is 23.2 Å². The Morgan fingerprint density at radius 3 is 2.55 bits per heavy atom. The zero-order valence-corrected chi connectivity index (χ0v) is 14.0. The minimum Gasteiger partial charge on any atom is -0.345 e. The van der Waals surface area contributed by atoms with E-state index >= 15 is 0 Å².